The Morgan fingerprint density at radius 1 is 1.23 bits per heavy atom. The summed E-state index contributed by atoms with van der Waals surface area (Å²) in [6.07, 6.45) is 3.10. The Hall–Kier alpha value is -2.05. The average Bonchev–Trinajstić information content (AvgIpc) is 2.47. The molecule has 0 aromatic heterocycles. The molecule has 0 bridgehead atoms. The quantitative estimate of drug-likeness (QED) is 0.579. The van der Waals surface area contributed by atoms with Crippen LogP contribution in [-0.2, 0) is 4.79 Å². The van der Waals surface area contributed by atoms with E-state index in [1.165, 1.54) is 0 Å². The van der Waals surface area contributed by atoms with Crippen LogP contribution >= 0.6 is 12.4 Å². The van der Waals surface area contributed by atoms with E-state index in [-0.39, 0.29) is 24.3 Å². The highest BCUT2D eigenvalue weighted by Crippen LogP contribution is 2.14. The molecule has 3 amide bonds. The smallest absolute Gasteiger partial charge is 0.319 e. The van der Waals surface area contributed by atoms with Crippen molar-refractivity contribution in [3.63, 3.8) is 0 Å². The van der Waals surface area contributed by atoms with Crippen molar-refractivity contribution in [3.05, 3.63) is 36.9 Å². The number of benzene rings is 1. The molecule has 1 aromatic carbocycles. The third-order valence-corrected chi connectivity index (χ3v) is 2.75. The Balaban J connectivity index is 0.00000441. The first kappa shape index (κ1) is 19.9. The van der Waals surface area contributed by atoms with Gasteiger partial charge in [-0.05, 0) is 30.7 Å². The van der Waals surface area contributed by atoms with Gasteiger partial charge >= 0.3 is 6.03 Å². The Labute approximate surface area is 136 Å². The normalized spacial score (nSPS) is 10.8. The molecule has 0 radical (unpaired) electrons. The van der Waals surface area contributed by atoms with Crippen LogP contribution < -0.4 is 21.7 Å². The van der Waals surface area contributed by atoms with Gasteiger partial charge in [0.15, 0.2) is 0 Å². The molecule has 5 N–H and O–H groups in total. The highest BCUT2D eigenvalue weighted by Gasteiger charge is 2.12. The number of hydrogen-bond donors (Lipinski definition) is 4. The Morgan fingerprint density at radius 2 is 1.77 bits per heavy atom. The van der Waals surface area contributed by atoms with Crippen LogP contribution in [0.5, 0.6) is 0 Å². The number of carbonyl (C=O) groups is 2. The van der Waals surface area contributed by atoms with E-state index in [4.69, 9.17) is 5.73 Å². The molecule has 0 aliphatic carbocycles. The van der Waals surface area contributed by atoms with Crippen molar-refractivity contribution >= 4 is 35.7 Å². The molecule has 122 valence electrons. The van der Waals surface area contributed by atoms with Crippen LogP contribution in [0.25, 0.3) is 0 Å². The van der Waals surface area contributed by atoms with Gasteiger partial charge in [0.1, 0.15) is 0 Å². The molecule has 1 rings (SSSR count). The van der Waals surface area contributed by atoms with Crippen molar-refractivity contribution in [3.8, 4) is 0 Å². The third kappa shape index (κ3) is 7.10. The summed E-state index contributed by atoms with van der Waals surface area (Å²) in [5, 5.41) is 8.00. The summed E-state index contributed by atoms with van der Waals surface area (Å²) in [7, 11) is 0. The molecular weight excluding hydrogens is 304 g/mol. The maximum Gasteiger partial charge on any atom is 0.319 e. The molecule has 1 atom stereocenters. The van der Waals surface area contributed by atoms with Gasteiger partial charge in [0.25, 0.3) is 0 Å². The number of urea groups is 1. The lowest BCUT2D eigenvalue weighted by Gasteiger charge is -2.12. The maximum absolute atomic E-state index is 11.8. The number of rotatable bonds is 7. The molecule has 1 aromatic rings. The van der Waals surface area contributed by atoms with Crippen LogP contribution in [0.15, 0.2) is 36.9 Å². The standard InChI is InChI=1S/C15H22N4O2.ClH/c1-3-5-13(16)14(20)18-11-6-8-12(9-7-11)19-15(21)17-10-4-2;/h4,6-9,13H,2-3,5,10,16H2,1H3,(H,18,20)(H2,17,19,21);1H. The van der Waals surface area contributed by atoms with E-state index in [1.807, 2.05) is 6.92 Å². The molecule has 22 heavy (non-hydrogen) atoms. The number of anilines is 2. The summed E-state index contributed by atoms with van der Waals surface area (Å²) < 4.78 is 0. The lowest BCUT2D eigenvalue weighted by Crippen LogP contribution is -2.35. The minimum atomic E-state index is -0.502. The number of nitrogens with one attached hydrogen (secondary N) is 3. The molecule has 0 spiro atoms. The summed E-state index contributed by atoms with van der Waals surface area (Å²) in [5.41, 5.74) is 7.01. The minimum Gasteiger partial charge on any atom is -0.334 e. The monoisotopic (exact) mass is 326 g/mol. The highest BCUT2D eigenvalue weighted by molar-refractivity contribution is 5.95. The molecule has 7 heteroatoms. The SMILES string of the molecule is C=CCNC(=O)Nc1ccc(NC(=O)C(N)CCC)cc1.Cl. The fourth-order valence-electron chi connectivity index (χ4n) is 1.65. The largest absolute Gasteiger partial charge is 0.334 e. The van der Waals surface area contributed by atoms with Gasteiger partial charge in [0.05, 0.1) is 6.04 Å². The zero-order valence-electron chi connectivity index (χ0n) is 12.6. The molecule has 0 heterocycles. The fraction of sp³-hybridized carbons (Fsp3) is 0.333. The Bertz CT molecular complexity index is 491. The van der Waals surface area contributed by atoms with E-state index in [2.05, 4.69) is 22.5 Å². The van der Waals surface area contributed by atoms with E-state index in [0.29, 0.717) is 24.3 Å². The summed E-state index contributed by atoms with van der Waals surface area (Å²) in [6.45, 7) is 5.89. The number of hydrogen-bond acceptors (Lipinski definition) is 3. The zero-order valence-corrected chi connectivity index (χ0v) is 13.4. The van der Waals surface area contributed by atoms with Gasteiger partial charge in [-0.1, -0.05) is 19.4 Å². The van der Waals surface area contributed by atoms with E-state index in [9.17, 15) is 9.59 Å². The van der Waals surface area contributed by atoms with E-state index in [0.717, 1.165) is 6.42 Å². The van der Waals surface area contributed by atoms with Crippen LogP contribution in [0.4, 0.5) is 16.2 Å². The molecule has 6 nitrogen and oxygen atoms in total. The van der Waals surface area contributed by atoms with Gasteiger partial charge in [0, 0.05) is 17.9 Å². The molecule has 0 aliphatic rings. The van der Waals surface area contributed by atoms with Gasteiger partial charge in [-0.25, -0.2) is 4.79 Å². The van der Waals surface area contributed by atoms with E-state index >= 15 is 0 Å². The topological polar surface area (TPSA) is 96.2 Å². The predicted octanol–water partition coefficient (Wildman–Crippen LogP) is 2.48. The Kier molecular flexibility index (Phi) is 9.65. The first-order valence-electron chi connectivity index (χ1n) is 6.89. The van der Waals surface area contributed by atoms with Crippen molar-refractivity contribution in [2.24, 2.45) is 5.73 Å². The first-order valence-corrected chi connectivity index (χ1v) is 6.89. The highest BCUT2D eigenvalue weighted by atomic mass is 35.5. The molecule has 0 saturated carbocycles. The lowest BCUT2D eigenvalue weighted by molar-refractivity contribution is -0.117. The molecule has 0 fully saturated rings. The maximum atomic E-state index is 11.8. The fourth-order valence-corrected chi connectivity index (χ4v) is 1.65. The van der Waals surface area contributed by atoms with Gasteiger partial charge in [-0.2, -0.15) is 0 Å². The van der Waals surface area contributed by atoms with Crippen molar-refractivity contribution in [2.45, 2.75) is 25.8 Å². The number of amides is 3. The van der Waals surface area contributed by atoms with Crippen molar-refractivity contribution in [1.29, 1.82) is 0 Å². The van der Waals surface area contributed by atoms with Crippen LogP contribution in [0.1, 0.15) is 19.8 Å². The van der Waals surface area contributed by atoms with E-state index < -0.39 is 6.04 Å². The van der Waals surface area contributed by atoms with Crippen LogP contribution in [0.2, 0.25) is 0 Å². The second-order valence-electron chi connectivity index (χ2n) is 4.59. The van der Waals surface area contributed by atoms with Crippen molar-refractivity contribution in [1.82, 2.24) is 5.32 Å². The third-order valence-electron chi connectivity index (χ3n) is 2.75. The lowest BCUT2D eigenvalue weighted by atomic mass is 10.1. The first-order chi connectivity index (χ1) is 10.1. The van der Waals surface area contributed by atoms with Crippen LogP contribution in [0, 0.1) is 0 Å². The second kappa shape index (κ2) is 10.6. The van der Waals surface area contributed by atoms with Gasteiger partial charge in [-0.15, -0.1) is 19.0 Å². The summed E-state index contributed by atoms with van der Waals surface area (Å²) in [6, 6.07) is 6.01. The summed E-state index contributed by atoms with van der Waals surface area (Å²) in [4.78, 5) is 23.2. The molecule has 0 saturated heterocycles. The number of halogens is 1. The van der Waals surface area contributed by atoms with Gasteiger partial charge in [0.2, 0.25) is 5.91 Å². The van der Waals surface area contributed by atoms with E-state index in [1.54, 1.807) is 30.3 Å². The Morgan fingerprint density at radius 3 is 2.27 bits per heavy atom. The summed E-state index contributed by atoms with van der Waals surface area (Å²) in [5.74, 6) is -0.207. The van der Waals surface area contributed by atoms with Gasteiger partial charge in [-0.3, -0.25) is 4.79 Å². The number of carbonyl (C=O) groups excluding carboxylic acids is 2. The van der Waals surface area contributed by atoms with Crippen molar-refractivity contribution < 1.29 is 9.59 Å². The zero-order chi connectivity index (χ0) is 15.7. The molecule has 1 unspecified atom stereocenters. The van der Waals surface area contributed by atoms with Crippen LogP contribution in [-0.4, -0.2) is 24.5 Å². The van der Waals surface area contributed by atoms with Gasteiger partial charge < -0.3 is 21.7 Å². The minimum absolute atomic E-state index is 0. The summed E-state index contributed by atoms with van der Waals surface area (Å²) >= 11 is 0. The number of nitrogens with two attached hydrogens (primary N) is 1. The predicted molar refractivity (Wildman–Crippen MR) is 92.4 cm³/mol. The van der Waals surface area contributed by atoms with Crippen molar-refractivity contribution in [2.75, 3.05) is 17.2 Å². The average molecular weight is 327 g/mol. The van der Waals surface area contributed by atoms with Crippen LogP contribution in [0.3, 0.4) is 0 Å². The molecular formula is C15H23ClN4O2. The molecule has 0 aliphatic heterocycles. The second-order valence-corrected chi connectivity index (χ2v) is 4.59.